The largest absolute Gasteiger partial charge is 0.378 e. The maximum Gasteiger partial charge on any atom is 0.0825 e. The Balaban J connectivity index is 2.10. The molecule has 0 aliphatic rings. The lowest BCUT2D eigenvalue weighted by Crippen LogP contribution is -2.00. The minimum Gasteiger partial charge on any atom is -0.378 e. The monoisotopic (exact) mass is 269 g/mol. The van der Waals surface area contributed by atoms with E-state index in [-0.39, 0.29) is 0 Å². The summed E-state index contributed by atoms with van der Waals surface area (Å²) in [7, 11) is 1.90. The summed E-state index contributed by atoms with van der Waals surface area (Å²) in [5, 5.41) is 8.88. The number of rotatable bonds is 3. The molecule has 2 rings (SSSR count). The summed E-state index contributed by atoms with van der Waals surface area (Å²) < 4.78 is 1.78. The van der Waals surface area contributed by atoms with Crippen LogP contribution in [0, 0.1) is 6.92 Å². The van der Waals surface area contributed by atoms with E-state index in [9.17, 15) is 0 Å². The van der Waals surface area contributed by atoms with Crippen molar-refractivity contribution < 1.29 is 0 Å². The molecule has 0 spiro atoms. The van der Waals surface area contributed by atoms with Gasteiger partial charge >= 0.3 is 0 Å². The van der Waals surface area contributed by atoms with E-state index in [0.29, 0.717) is 16.6 Å². The number of anilines is 1. The van der Waals surface area contributed by atoms with Crippen molar-refractivity contribution in [3.8, 4) is 0 Å². The van der Waals surface area contributed by atoms with Crippen molar-refractivity contribution in [2.75, 3.05) is 5.32 Å². The fraction of sp³-hybridized carbons (Fsp3) is 0.250. The molecule has 0 unspecified atom stereocenters. The lowest BCUT2D eigenvalue weighted by molar-refractivity contribution is 0.756. The summed E-state index contributed by atoms with van der Waals surface area (Å²) in [6.45, 7) is 2.62. The van der Waals surface area contributed by atoms with E-state index in [1.807, 2.05) is 32.3 Å². The third kappa shape index (κ3) is 2.93. The lowest BCUT2D eigenvalue weighted by Gasteiger charge is -2.07. The van der Waals surface area contributed by atoms with E-state index < -0.39 is 0 Å². The summed E-state index contributed by atoms with van der Waals surface area (Å²) in [6.07, 6.45) is 1.94. The van der Waals surface area contributed by atoms with Crippen molar-refractivity contribution in [1.29, 1.82) is 0 Å². The first-order valence-electron chi connectivity index (χ1n) is 5.24. The van der Waals surface area contributed by atoms with Crippen LogP contribution < -0.4 is 5.32 Å². The summed E-state index contributed by atoms with van der Waals surface area (Å²) in [6, 6.07) is 5.50. The van der Waals surface area contributed by atoms with Gasteiger partial charge in [0, 0.05) is 29.8 Å². The first-order valence-corrected chi connectivity index (χ1v) is 6.00. The number of halogens is 2. The third-order valence-corrected chi connectivity index (χ3v) is 3.08. The van der Waals surface area contributed by atoms with Crippen molar-refractivity contribution in [3.05, 3.63) is 45.7 Å². The molecule has 0 atom stereocenters. The maximum atomic E-state index is 6.10. The predicted molar refractivity (Wildman–Crippen MR) is 71.7 cm³/mol. The molecular formula is C12H13Cl2N3. The Bertz CT molecular complexity index is 535. The summed E-state index contributed by atoms with van der Waals surface area (Å²) in [4.78, 5) is 0. The van der Waals surface area contributed by atoms with Crippen LogP contribution in [-0.2, 0) is 13.6 Å². The molecule has 17 heavy (non-hydrogen) atoms. The highest BCUT2D eigenvalue weighted by Gasteiger charge is 2.04. The molecule has 0 saturated heterocycles. The average molecular weight is 270 g/mol. The highest BCUT2D eigenvalue weighted by atomic mass is 35.5. The zero-order valence-corrected chi connectivity index (χ0v) is 11.2. The van der Waals surface area contributed by atoms with Gasteiger partial charge in [-0.25, -0.2) is 0 Å². The van der Waals surface area contributed by atoms with Crippen LogP contribution in [0.25, 0.3) is 0 Å². The van der Waals surface area contributed by atoms with Gasteiger partial charge in [-0.2, -0.15) is 5.10 Å². The van der Waals surface area contributed by atoms with Gasteiger partial charge in [0.15, 0.2) is 0 Å². The van der Waals surface area contributed by atoms with Gasteiger partial charge in [0.05, 0.1) is 11.4 Å². The molecule has 0 aliphatic carbocycles. The lowest BCUT2D eigenvalue weighted by atomic mass is 10.2. The Morgan fingerprint density at radius 3 is 2.71 bits per heavy atom. The van der Waals surface area contributed by atoms with Crippen molar-refractivity contribution in [3.63, 3.8) is 0 Å². The molecule has 0 bridgehead atoms. The standard InChI is InChI=1S/C12H13Cl2N3/c1-8-12(7-17(2)16-8)15-6-9-3-4-10(13)5-11(9)14/h3-5,7,15H,6H2,1-2H3. The van der Waals surface area contributed by atoms with Crippen LogP contribution in [-0.4, -0.2) is 9.78 Å². The minimum atomic E-state index is 0.649. The highest BCUT2D eigenvalue weighted by molar-refractivity contribution is 6.35. The highest BCUT2D eigenvalue weighted by Crippen LogP contribution is 2.22. The SMILES string of the molecule is Cc1nn(C)cc1NCc1ccc(Cl)cc1Cl. The average Bonchev–Trinajstić information content (AvgIpc) is 2.56. The zero-order chi connectivity index (χ0) is 12.4. The molecule has 0 fully saturated rings. The van der Waals surface area contributed by atoms with Gasteiger partial charge < -0.3 is 5.32 Å². The molecule has 1 heterocycles. The summed E-state index contributed by atoms with van der Waals surface area (Å²) >= 11 is 11.9. The van der Waals surface area contributed by atoms with Crippen LogP contribution in [0.5, 0.6) is 0 Å². The molecule has 2 aromatic rings. The smallest absolute Gasteiger partial charge is 0.0825 e. The minimum absolute atomic E-state index is 0.649. The number of benzene rings is 1. The Kier molecular flexibility index (Phi) is 3.60. The molecule has 90 valence electrons. The van der Waals surface area contributed by atoms with Crippen LogP contribution in [0.4, 0.5) is 5.69 Å². The molecule has 1 aromatic carbocycles. The first-order chi connectivity index (χ1) is 8.06. The number of nitrogens with one attached hydrogen (secondary N) is 1. The second-order valence-corrected chi connectivity index (χ2v) is 4.73. The fourth-order valence-corrected chi connectivity index (χ4v) is 2.10. The molecule has 0 saturated carbocycles. The van der Waals surface area contributed by atoms with E-state index in [2.05, 4.69) is 10.4 Å². The van der Waals surface area contributed by atoms with Gasteiger partial charge in [-0.05, 0) is 24.6 Å². The van der Waals surface area contributed by atoms with Gasteiger partial charge in [-0.1, -0.05) is 29.3 Å². The van der Waals surface area contributed by atoms with Crippen molar-refractivity contribution in [1.82, 2.24) is 9.78 Å². The number of hydrogen-bond donors (Lipinski definition) is 1. The van der Waals surface area contributed by atoms with Gasteiger partial charge in [0.25, 0.3) is 0 Å². The van der Waals surface area contributed by atoms with Gasteiger partial charge in [0.2, 0.25) is 0 Å². The van der Waals surface area contributed by atoms with Crippen LogP contribution >= 0.6 is 23.2 Å². The Hall–Kier alpha value is -1.19. The molecule has 5 heteroatoms. The number of aryl methyl sites for hydroxylation is 2. The summed E-state index contributed by atoms with van der Waals surface area (Å²) in [5.74, 6) is 0. The fourth-order valence-electron chi connectivity index (χ4n) is 1.63. The van der Waals surface area contributed by atoms with Crippen molar-refractivity contribution in [2.45, 2.75) is 13.5 Å². The Morgan fingerprint density at radius 2 is 2.12 bits per heavy atom. The van der Waals surface area contributed by atoms with E-state index in [0.717, 1.165) is 16.9 Å². The van der Waals surface area contributed by atoms with E-state index in [1.54, 1.807) is 10.7 Å². The van der Waals surface area contributed by atoms with E-state index >= 15 is 0 Å². The van der Waals surface area contributed by atoms with E-state index in [4.69, 9.17) is 23.2 Å². The topological polar surface area (TPSA) is 29.9 Å². The first kappa shape index (κ1) is 12.3. The van der Waals surface area contributed by atoms with Crippen LogP contribution in [0.15, 0.2) is 24.4 Å². The van der Waals surface area contributed by atoms with E-state index in [1.165, 1.54) is 0 Å². The third-order valence-electron chi connectivity index (χ3n) is 2.50. The normalized spacial score (nSPS) is 10.6. The maximum absolute atomic E-state index is 6.10. The molecular weight excluding hydrogens is 257 g/mol. The molecule has 1 N–H and O–H groups in total. The van der Waals surface area contributed by atoms with Gasteiger partial charge in [-0.3, -0.25) is 4.68 Å². The predicted octanol–water partition coefficient (Wildman–Crippen LogP) is 3.65. The second kappa shape index (κ2) is 4.98. The molecule has 0 radical (unpaired) electrons. The Labute approximate surface area is 110 Å². The number of hydrogen-bond acceptors (Lipinski definition) is 2. The molecule has 1 aromatic heterocycles. The van der Waals surface area contributed by atoms with Crippen molar-refractivity contribution >= 4 is 28.9 Å². The van der Waals surface area contributed by atoms with Crippen LogP contribution in [0.1, 0.15) is 11.3 Å². The van der Waals surface area contributed by atoms with Crippen molar-refractivity contribution in [2.24, 2.45) is 7.05 Å². The van der Waals surface area contributed by atoms with Crippen LogP contribution in [0.3, 0.4) is 0 Å². The summed E-state index contributed by atoms with van der Waals surface area (Å²) in [5.41, 5.74) is 3.00. The molecule has 0 aliphatic heterocycles. The van der Waals surface area contributed by atoms with Gasteiger partial charge in [0.1, 0.15) is 0 Å². The molecule has 0 amide bonds. The quantitative estimate of drug-likeness (QED) is 0.922. The second-order valence-electron chi connectivity index (χ2n) is 3.89. The van der Waals surface area contributed by atoms with Crippen LogP contribution in [0.2, 0.25) is 10.0 Å². The van der Waals surface area contributed by atoms with Gasteiger partial charge in [-0.15, -0.1) is 0 Å². The number of nitrogens with zero attached hydrogens (tertiary/aromatic N) is 2. The zero-order valence-electron chi connectivity index (χ0n) is 9.67. The molecule has 3 nitrogen and oxygen atoms in total. The number of aromatic nitrogens is 2. The Morgan fingerprint density at radius 1 is 1.35 bits per heavy atom.